The lowest BCUT2D eigenvalue weighted by Gasteiger charge is -2.47. The maximum atomic E-state index is 2.75. The van der Waals surface area contributed by atoms with Crippen molar-refractivity contribution in [3.63, 3.8) is 0 Å². The molecule has 2 aliphatic heterocycles. The van der Waals surface area contributed by atoms with E-state index >= 15 is 0 Å². The zero-order valence-corrected chi connectivity index (χ0v) is 47.8. The fourth-order valence-electron chi connectivity index (χ4n) is 15.8. The van der Waals surface area contributed by atoms with E-state index in [1.54, 1.807) is 0 Å². The van der Waals surface area contributed by atoms with Crippen LogP contribution in [0.3, 0.4) is 0 Å². The van der Waals surface area contributed by atoms with Gasteiger partial charge < -0.3 is 14.7 Å². The second kappa shape index (κ2) is 16.4. The monoisotopic (exact) mass is 994 g/mol. The molecule has 13 rings (SSSR count). The van der Waals surface area contributed by atoms with Crippen LogP contribution in [0, 0.1) is 13.8 Å². The molecule has 2 heterocycles. The summed E-state index contributed by atoms with van der Waals surface area (Å²) >= 11 is 0. The Kier molecular flexibility index (Phi) is 10.5. The molecule has 5 aliphatic rings. The van der Waals surface area contributed by atoms with Crippen molar-refractivity contribution in [1.29, 1.82) is 0 Å². The van der Waals surface area contributed by atoms with Crippen LogP contribution in [0.2, 0.25) is 0 Å². The molecule has 8 aromatic carbocycles. The molecule has 0 saturated heterocycles. The number of hydrogen-bond acceptors (Lipinski definition) is 3. The van der Waals surface area contributed by atoms with E-state index in [1.807, 2.05) is 0 Å². The third-order valence-electron chi connectivity index (χ3n) is 19.3. The first-order valence-corrected chi connectivity index (χ1v) is 28.3. The highest BCUT2D eigenvalue weighted by Gasteiger charge is 2.50. The number of fused-ring (bicyclic) bond motifs is 7. The van der Waals surface area contributed by atoms with E-state index in [-0.39, 0.29) is 39.2 Å². The number of nitrogens with zero attached hydrogens (tertiary/aromatic N) is 3. The lowest BCUT2D eigenvalue weighted by Crippen LogP contribution is -2.61. The lowest BCUT2D eigenvalue weighted by atomic mass is 9.33. The van der Waals surface area contributed by atoms with Crippen LogP contribution in [0.4, 0.5) is 51.2 Å². The predicted molar refractivity (Wildman–Crippen MR) is 327 cm³/mol. The van der Waals surface area contributed by atoms with Gasteiger partial charge in [0.1, 0.15) is 0 Å². The quantitative estimate of drug-likeness (QED) is 0.154. The second-order valence-electron chi connectivity index (χ2n) is 27.6. The van der Waals surface area contributed by atoms with Gasteiger partial charge in [0.05, 0.1) is 5.69 Å². The molecule has 8 aromatic rings. The minimum Gasteiger partial charge on any atom is -0.311 e. The topological polar surface area (TPSA) is 9.72 Å². The van der Waals surface area contributed by atoms with Crippen molar-refractivity contribution in [2.45, 2.75) is 155 Å². The summed E-state index contributed by atoms with van der Waals surface area (Å²) in [5.41, 5.74) is 29.2. The van der Waals surface area contributed by atoms with E-state index < -0.39 is 0 Å². The second-order valence-corrected chi connectivity index (χ2v) is 27.6. The number of benzene rings is 8. The van der Waals surface area contributed by atoms with Crippen LogP contribution < -0.4 is 31.1 Å². The van der Waals surface area contributed by atoms with E-state index in [2.05, 4.69) is 269 Å². The molecule has 0 spiro atoms. The molecule has 382 valence electrons. The van der Waals surface area contributed by atoms with Crippen LogP contribution in [0.5, 0.6) is 0 Å². The molecule has 4 heteroatoms. The molecule has 76 heavy (non-hydrogen) atoms. The van der Waals surface area contributed by atoms with E-state index in [0.29, 0.717) is 0 Å². The van der Waals surface area contributed by atoms with Crippen LogP contribution in [0.15, 0.2) is 158 Å². The molecular weight excluding hydrogens is 918 g/mol. The minimum atomic E-state index is -0.0356. The Morgan fingerprint density at radius 1 is 0.342 bits per heavy atom. The first-order chi connectivity index (χ1) is 36.0. The zero-order chi connectivity index (χ0) is 53.2. The van der Waals surface area contributed by atoms with Crippen LogP contribution in [-0.2, 0) is 32.5 Å². The van der Waals surface area contributed by atoms with Crippen LogP contribution in [0.1, 0.15) is 153 Å². The Labute approximate surface area is 455 Å². The van der Waals surface area contributed by atoms with Gasteiger partial charge in [0.2, 0.25) is 0 Å². The highest BCUT2D eigenvalue weighted by Crippen LogP contribution is 2.57. The van der Waals surface area contributed by atoms with Crippen molar-refractivity contribution in [2.75, 3.05) is 14.7 Å². The predicted octanol–water partition coefficient (Wildman–Crippen LogP) is 17.8. The smallest absolute Gasteiger partial charge is 0.252 e. The van der Waals surface area contributed by atoms with Crippen molar-refractivity contribution >= 4 is 74.3 Å². The van der Waals surface area contributed by atoms with Crippen molar-refractivity contribution in [2.24, 2.45) is 0 Å². The van der Waals surface area contributed by atoms with Crippen LogP contribution in [-0.4, -0.2) is 6.71 Å². The molecule has 0 N–H and O–H groups in total. The van der Waals surface area contributed by atoms with Crippen molar-refractivity contribution in [3.8, 4) is 11.1 Å². The van der Waals surface area contributed by atoms with Gasteiger partial charge in [-0.1, -0.05) is 180 Å². The SMILES string of the molecule is Cc1cc2c(cc1N1c3cc4c(cc3B3c5ccc(-c6ccccc6)cc5N(c5cc6c(cc5C)C(C)(C)CC6(C)C)c5cc(N(c6ccccc6)c6ccccc6)cc1c53)C(C)(C)CC4(C)C)C(C)(C)CCC2(C)C. The Morgan fingerprint density at radius 2 is 0.737 bits per heavy atom. The van der Waals surface area contributed by atoms with Gasteiger partial charge in [-0.15, -0.1) is 0 Å². The van der Waals surface area contributed by atoms with Crippen LogP contribution in [0.25, 0.3) is 11.1 Å². The molecule has 0 unspecified atom stereocenters. The van der Waals surface area contributed by atoms with Gasteiger partial charge in [0, 0.05) is 45.5 Å². The first-order valence-electron chi connectivity index (χ1n) is 28.3. The van der Waals surface area contributed by atoms with E-state index in [1.165, 1.54) is 113 Å². The van der Waals surface area contributed by atoms with Gasteiger partial charge in [-0.25, -0.2) is 0 Å². The summed E-state index contributed by atoms with van der Waals surface area (Å²) < 4.78 is 0. The third-order valence-corrected chi connectivity index (χ3v) is 19.3. The summed E-state index contributed by atoms with van der Waals surface area (Å²) in [6.45, 7) is 34.4. The number of aryl methyl sites for hydroxylation is 2. The Bertz CT molecular complexity index is 3650. The van der Waals surface area contributed by atoms with E-state index in [4.69, 9.17) is 0 Å². The molecule has 0 bridgehead atoms. The third kappa shape index (κ3) is 7.28. The standard InChI is InChI=1S/C72H76BN3/c1-45-34-52-55(68(5,6)33-32-67(52,3)4)40-60(45)76-63-42-57-54(70(9,10)44-72(57,13)14)39-59(63)73-58-31-30-48(47-24-18-15-19-25-47)36-62(58)75(61-41-56-53(35-46(61)2)69(7,8)43-71(56,11)12)64-37-51(38-65(76)66(64)73)74(49-26-20-16-21-27-49)50-28-22-17-23-29-50/h15-31,34-42H,32-33,43-44H2,1-14H3. The number of para-hydroxylation sites is 2. The summed E-state index contributed by atoms with van der Waals surface area (Å²) in [5, 5.41) is 0. The minimum absolute atomic E-state index is 0.000440. The van der Waals surface area contributed by atoms with Gasteiger partial charge in [-0.3, -0.25) is 0 Å². The van der Waals surface area contributed by atoms with E-state index in [9.17, 15) is 0 Å². The fourth-order valence-corrected chi connectivity index (χ4v) is 15.8. The maximum Gasteiger partial charge on any atom is 0.252 e. The normalized spacial score (nSPS) is 19.0. The van der Waals surface area contributed by atoms with Gasteiger partial charge in [-0.05, 0) is 205 Å². The first kappa shape index (κ1) is 48.8. The fraction of sp³-hybridized carbons (Fsp3) is 0.333. The largest absolute Gasteiger partial charge is 0.311 e. The summed E-state index contributed by atoms with van der Waals surface area (Å²) in [4.78, 5) is 7.95. The van der Waals surface area contributed by atoms with Gasteiger partial charge in [0.15, 0.2) is 0 Å². The Morgan fingerprint density at radius 3 is 1.22 bits per heavy atom. The summed E-state index contributed by atoms with van der Waals surface area (Å²) in [6.07, 6.45) is 4.55. The molecule has 0 amide bonds. The molecule has 0 atom stereocenters. The molecule has 3 aliphatic carbocycles. The molecule has 0 radical (unpaired) electrons. The summed E-state index contributed by atoms with van der Waals surface area (Å²) in [6, 6.07) is 61.4. The average Bonchev–Trinajstić information content (AvgIpc) is 3.72. The van der Waals surface area contributed by atoms with Crippen molar-refractivity contribution in [1.82, 2.24) is 0 Å². The summed E-state index contributed by atoms with van der Waals surface area (Å²) in [7, 11) is 0. The van der Waals surface area contributed by atoms with Gasteiger partial charge in [0.25, 0.3) is 6.71 Å². The average molecular weight is 994 g/mol. The van der Waals surface area contributed by atoms with Gasteiger partial charge >= 0.3 is 0 Å². The number of anilines is 9. The summed E-state index contributed by atoms with van der Waals surface area (Å²) in [5.74, 6) is 0. The molecule has 0 aromatic heterocycles. The Hall–Kier alpha value is -6.78. The molecule has 0 saturated carbocycles. The van der Waals surface area contributed by atoms with Crippen molar-refractivity contribution in [3.05, 3.63) is 202 Å². The molecular formula is C72H76BN3. The highest BCUT2D eigenvalue weighted by molar-refractivity contribution is 7.00. The highest BCUT2D eigenvalue weighted by atomic mass is 15.2. The number of rotatable bonds is 6. The lowest BCUT2D eigenvalue weighted by molar-refractivity contribution is 0.332. The van der Waals surface area contributed by atoms with Crippen molar-refractivity contribution < 1.29 is 0 Å². The molecule has 0 fully saturated rings. The zero-order valence-electron chi connectivity index (χ0n) is 47.8. The Balaban J connectivity index is 1.20. The van der Waals surface area contributed by atoms with Gasteiger partial charge in [-0.2, -0.15) is 0 Å². The number of hydrogen-bond donors (Lipinski definition) is 0. The maximum absolute atomic E-state index is 2.75. The van der Waals surface area contributed by atoms with E-state index in [0.717, 1.165) is 36.3 Å². The van der Waals surface area contributed by atoms with Crippen LogP contribution >= 0.6 is 0 Å². The molecule has 3 nitrogen and oxygen atoms in total.